The molecule has 0 radical (unpaired) electrons. The highest BCUT2D eigenvalue weighted by molar-refractivity contribution is 7.99. The lowest BCUT2D eigenvalue weighted by atomic mass is 10.2. The zero-order chi connectivity index (χ0) is 14.7. The van der Waals surface area contributed by atoms with Crippen LogP contribution in [0.15, 0.2) is 59.0 Å². The Morgan fingerprint density at radius 2 is 1.95 bits per heavy atom. The molecule has 1 aromatic heterocycles. The van der Waals surface area contributed by atoms with Crippen LogP contribution in [0.4, 0.5) is 0 Å². The summed E-state index contributed by atoms with van der Waals surface area (Å²) >= 11 is 1.62. The number of fused-ring (bicyclic) bond motifs is 1. The third-order valence-corrected chi connectivity index (χ3v) is 4.29. The van der Waals surface area contributed by atoms with Gasteiger partial charge < -0.3 is 4.42 Å². The molecular weight excluding hydrogens is 280 g/mol. The first-order valence-corrected chi connectivity index (χ1v) is 8.03. The molecule has 106 valence electrons. The van der Waals surface area contributed by atoms with E-state index < -0.39 is 0 Å². The molecule has 0 unspecified atom stereocenters. The predicted molar refractivity (Wildman–Crippen MR) is 87.9 cm³/mol. The van der Waals surface area contributed by atoms with Gasteiger partial charge >= 0.3 is 0 Å². The number of hydrogen-bond acceptors (Lipinski definition) is 3. The summed E-state index contributed by atoms with van der Waals surface area (Å²) in [5, 5.41) is 0.976. The lowest BCUT2D eigenvalue weighted by molar-refractivity contribution is 0.0994. The van der Waals surface area contributed by atoms with Gasteiger partial charge in [-0.2, -0.15) is 0 Å². The van der Waals surface area contributed by atoms with Crippen molar-refractivity contribution >= 4 is 28.5 Å². The number of aryl methyl sites for hydroxylation is 1. The van der Waals surface area contributed by atoms with Crippen molar-refractivity contribution in [3.05, 3.63) is 71.5 Å². The normalized spacial score (nSPS) is 10.9. The Kier molecular flexibility index (Phi) is 4.11. The Morgan fingerprint density at radius 1 is 1.10 bits per heavy atom. The molecule has 2 aromatic carbocycles. The van der Waals surface area contributed by atoms with Crippen LogP contribution in [0, 0.1) is 6.92 Å². The molecule has 0 saturated carbocycles. The van der Waals surface area contributed by atoms with Crippen molar-refractivity contribution in [1.82, 2.24) is 0 Å². The second-order valence-corrected chi connectivity index (χ2v) is 6.04. The van der Waals surface area contributed by atoms with E-state index in [0.717, 1.165) is 16.7 Å². The minimum atomic E-state index is 0.0452. The molecule has 3 aromatic rings. The van der Waals surface area contributed by atoms with Crippen LogP contribution in [-0.2, 0) is 5.75 Å². The molecule has 0 bridgehead atoms. The summed E-state index contributed by atoms with van der Waals surface area (Å²) in [6.07, 6.45) is 0. The number of thioether (sulfide) groups is 1. The second kappa shape index (κ2) is 6.19. The van der Waals surface area contributed by atoms with Gasteiger partial charge in [-0.15, -0.1) is 11.8 Å². The first-order chi connectivity index (χ1) is 10.2. The number of hydrogen-bond donors (Lipinski definition) is 0. The van der Waals surface area contributed by atoms with Gasteiger partial charge in [-0.1, -0.05) is 48.0 Å². The Balaban J connectivity index is 1.61. The molecule has 0 N–H and O–H groups in total. The van der Waals surface area contributed by atoms with Crippen molar-refractivity contribution in [3.63, 3.8) is 0 Å². The van der Waals surface area contributed by atoms with Gasteiger partial charge in [0.2, 0.25) is 5.78 Å². The fourth-order valence-corrected chi connectivity index (χ4v) is 3.10. The molecule has 3 rings (SSSR count). The number of para-hydroxylation sites is 1. The third-order valence-electron chi connectivity index (χ3n) is 3.28. The van der Waals surface area contributed by atoms with Crippen molar-refractivity contribution in [2.45, 2.75) is 12.7 Å². The molecule has 0 aliphatic rings. The first kappa shape index (κ1) is 14.0. The molecule has 3 heteroatoms. The molecule has 2 nitrogen and oxygen atoms in total. The first-order valence-electron chi connectivity index (χ1n) is 6.87. The fourth-order valence-electron chi connectivity index (χ4n) is 2.25. The topological polar surface area (TPSA) is 30.2 Å². The van der Waals surface area contributed by atoms with E-state index in [0.29, 0.717) is 11.5 Å². The molecule has 0 amide bonds. The van der Waals surface area contributed by atoms with Crippen LogP contribution in [0.3, 0.4) is 0 Å². The summed E-state index contributed by atoms with van der Waals surface area (Å²) in [5.41, 5.74) is 3.26. The highest BCUT2D eigenvalue weighted by Gasteiger charge is 2.12. The maximum absolute atomic E-state index is 12.2. The molecule has 0 spiro atoms. The Labute approximate surface area is 128 Å². The van der Waals surface area contributed by atoms with E-state index in [1.165, 1.54) is 11.1 Å². The van der Waals surface area contributed by atoms with Crippen molar-refractivity contribution in [2.75, 3.05) is 5.75 Å². The number of rotatable bonds is 5. The number of furan rings is 1. The lowest BCUT2D eigenvalue weighted by Crippen LogP contribution is -2.00. The maximum atomic E-state index is 12.2. The Morgan fingerprint density at radius 3 is 2.76 bits per heavy atom. The molecule has 0 fully saturated rings. The minimum Gasteiger partial charge on any atom is -0.453 e. The van der Waals surface area contributed by atoms with E-state index in [9.17, 15) is 4.79 Å². The SMILES string of the molecule is Cc1cccc(CSCC(=O)c2cc3ccccc3o2)c1. The average Bonchev–Trinajstić information content (AvgIpc) is 2.91. The Hall–Kier alpha value is -2.00. The van der Waals surface area contributed by atoms with Crippen molar-refractivity contribution in [2.24, 2.45) is 0 Å². The monoisotopic (exact) mass is 296 g/mol. The molecule has 1 heterocycles. The van der Waals surface area contributed by atoms with E-state index in [1.54, 1.807) is 11.8 Å². The van der Waals surface area contributed by atoms with Gasteiger partial charge in [-0.25, -0.2) is 0 Å². The Bertz CT molecular complexity index is 740. The van der Waals surface area contributed by atoms with E-state index in [2.05, 4.69) is 25.1 Å². The van der Waals surface area contributed by atoms with Crippen LogP contribution in [0.2, 0.25) is 0 Å². The van der Waals surface area contributed by atoms with Crippen LogP contribution < -0.4 is 0 Å². The predicted octanol–water partition coefficient (Wildman–Crippen LogP) is 4.86. The van der Waals surface area contributed by atoms with Crippen LogP contribution in [0.1, 0.15) is 21.7 Å². The highest BCUT2D eigenvalue weighted by atomic mass is 32.2. The van der Waals surface area contributed by atoms with Crippen LogP contribution in [0.5, 0.6) is 0 Å². The largest absolute Gasteiger partial charge is 0.453 e. The lowest BCUT2D eigenvalue weighted by Gasteiger charge is -2.01. The van der Waals surface area contributed by atoms with E-state index >= 15 is 0 Å². The van der Waals surface area contributed by atoms with Gasteiger partial charge in [0.25, 0.3) is 0 Å². The molecule has 21 heavy (non-hydrogen) atoms. The minimum absolute atomic E-state index is 0.0452. The van der Waals surface area contributed by atoms with Crippen molar-refractivity contribution in [1.29, 1.82) is 0 Å². The summed E-state index contributed by atoms with van der Waals surface area (Å²) in [6.45, 7) is 2.08. The van der Waals surface area contributed by atoms with Crippen LogP contribution in [0.25, 0.3) is 11.0 Å². The van der Waals surface area contributed by atoms with Gasteiger partial charge in [-0.3, -0.25) is 4.79 Å². The third kappa shape index (κ3) is 3.37. The highest BCUT2D eigenvalue weighted by Crippen LogP contribution is 2.21. The summed E-state index contributed by atoms with van der Waals surface area (Å²) in [5.74, 6) is 1.78. The van der Waals surface area contributed by atoms with Gasteiger partial charge in [0, 0.05) is 11.1 Å². The summed E-state index contributed by atoms with van der Waals surface area (Å²) < 4.78 is 5.59. The fraction of sp³-hybridized carbons (Fsp3) is 0.167. The van der Waals surface area contributed by atoms with Crippen LogP contribution in [-0.4, -0.2) is 11.5 Å². The summed E-state index contributed by atoms with van der Waals surface area (Å²) in [6, 6.07) is 17.9. The van der Waals surface area contributed by atoms with Gasteiger partial charge in [0.1, 0.15) is 5.58 Å². The number of benzene rings is 2. The number of carbonyl (C=O) groups excluding carboxylic acids is 1. The zero-order valence-corrected chi connectivity index (χ0v) is 12.7. The maximum Gasteiger partial charge on any atom is 0.207 e. The molecular formula is C18H16O2S. The molecule has 0 saturated heterocycles. The zero-order valence-electron chi connectivity index (χ0n) is 11.8. The molecule has 0 aliphatic heterocycles. The van der Waals surface area contributed by atoms with Crippen molar-refractivity contribution < 1.29 is 9.21 Å². The smallest absolute Gasteiger partial charge is 0.207 e. The summed E-state index contributed by atoms with van der Waals surface area (Å²) in [4.78, 5) is 12.2. The van der Waals surface area contributed by atoms with E-state index in [-0.39, 0.29) is 5.78 Å². The summed E-state index contributed by atoms with van der Waals surface area (Å²) in [7, 11) is 0. The van der Waals surface area contributed by atoms with Gasteiger partial charge in [-0.05, 0) is 24.6 Å². The van der Waals surface area contributed by atoms with Crippen molar-refractivity contribution in [3.8, 4) is 0 Å². The number of Topliss-reactive ketones (excluding diaryl/α,β-unsaturated/α-hetero) is 1. The van der Waals surface area contributed by atoms with Crippen LogP contribution >= 0.6 is 11.8 Å². The van der Waals surface area contributed by atoms with E-state index in [4.69, 9.17) is 4.42 Å². The van der Waals surface area contributed by atoms with Gasteiger partial charge in [0.15, 0.2) is 5.76 Å². The van der Waals surface area contributed by atoms with Gasteiger partial charge in [0.05, 0.1) is 5.75 Å². The molecule has 0 atom stereocenters. The second-order valence-electron chi connectivity index (χ2n) is 5.05. The number of carbonyl (C=O) groups is 1. The van der Waals surface area contributed by atoms with E-state index in [1.807, 2.05) is 36.4 Å². The quantitative estimate of drug-likeness (QED) is 0.630. The molecule has 0 aliphatic carbocycles. The average molecular weight is 296 g/mol. The standard InChI is InChI=1S/C18H16O2S/c1-13-5-4-6-14(9-13)11-21-12-16(19)18-10-15-7-2-3-8-17(15)20-18/h2-10H,11-12H2,1H3. The number of ketones is 1.